The van der Waals surface area contributed by atoms with Crippen LogP contribution < -0.4 is 10.7 Å². The number of nitrogens with zero attached hydrogens (tertiary/aromatic N) is 1. The van der Waals surface area contributed by atoms with Gasteiger partial charge in [0.25, 0.3) is 0 Å². The average Bonchev–Trinajstić information content (AvgIpc) is 2.47. The molecule has 0 aliphatic rings. The zero-order valence-corrected chi connectivity index (χ0v) is 12.9. The first-order valence-electron chi connectivity index (χ1n) is 7.04. The fraction of sp³-hybridized carbons (Fsp3) is 0.400. The Labute approximate surface area is 130 Å². The Kier molecular flexibility index (Phi) is 8.04. The number of aromatic carboxylic acids is 1. The molecule has 3 N–H and O–H groups in total. The van der Waals surface area contributed by atoms with Gasteiger partial charge in [0.2, 0.25) is 0 Å². The zero-order valence-electron chi connectivity index (χ0n) is 12.1. The molecule has 6 heteroatoms. The van der Waals surface area contributed by atoms with Crippen LogP contribution in [-0.4, -0.2) is 28.9 Å². The average molecular weight is 307 g/mol. The summed E-state index contributed by atoms with van der Waals surface area (Å²) in [5.74, 6) is -0.978. The van der Waals surface area contributed by atoms with Crippen LogP contribution in [0.25, 0.3) is 0 Å². The quantitative estimate of drug-likeness (QED) is 0.298. The second-order valence-corrected chi connectivity index (χ2v) is 4.99. The molecular weight excluding hydrogens is 286 g/mol. The molecule has 0 fully saturated rings. The second kappa shape index (κ2) is 9.88. The molecule has 1 aromatic carbocycles. The largest absolute Gasteiger partial charge is 0.478 e. The Balaban J connectivity index is 2.37. The number of carboxylic acids is 1. The zero-order chi connectivity index (χ0) is 15.5. The SMILES string of the molecule is CCCCCCNC(=S)N/N=C/c1ccccc1C(=O)O. The molecule has 0 bridgehead atoms. The molecule has 0 heterocycles. The van der Waals surface area contributed by atoms with Gasteiger partial charge in [-0.3, -0.25) is 5.43 Å². The van der Waals surface area contributed by atoms with Crippen LogP contribution in [0.2, 0.25) is 0 Å². The summed E-state index contributed by atoms with van der Waals surface area (Å²) in [5, 5.41) is 16.5. The standard InChI is InChI=1S/C15H21N3O2S/c1-2-3-4-7-10-16-15(21)18-17-11-12-8-5-6-9-13(12)14(19)20/h5-6,8-9,11H,2-4,7,10H2,1H3,(H,19,20)(H2,16,18,21)/b17-11+. The predicted molar refractivity (Wildman–Crippen MR) is 88.9 cm³/mol. The highest BCUT2D eigenvalue weighted by molar-refractivity contribution is 7.80. The summed E-state index contributed by atoms with van der Waals surface area (Å²) in [4.78, 5) is 11.0. The number of benzene rings is 1. The van der Waals surface area contributed by atoms with E-state index >= 15 is 0 Å². The van der Waals surface area contributed by atoms with Crippen molar-refractivity contribution in [3.63, 3.8) is 0 Å². The number of unbranched alkanes of at least 4 members (excludes halogenated alkanes) is 3. The lowest BCUT2D eigenvalue weighted by Gasteiger charge is -2.06. The van der Waals surface area contributed by atoms with Crippen LogP contribution in [0.5, 0.6) is 0 Å². The van der Waals surface area contributed by atoms with Crippen molar-refractivity contribution in [2.75, 3.05) is 6.54 Å². The molecule has 0 saturated carbocycles. The van der Waals surface area contributed by atoms with E-state index in [9.17, 15) is 4.79 Å². The maximum Gasteiger partial charge on any atom is 0.336 e. The molecule has 0 spiro atoms. The molecule has 0 aliphatic carbocycles. The van der Waals surface area contributed by atoms with Crippen molar-refractivity contribution in [3.05, 3.63) is 35.4 Å². The van der Waals surface area contributed by atoms with Crippen molar-refractivity contribution in [1.82, 2.24) is 10.7 Å². The van der Waals surface area contributed by atoms with Crippen LogP contribution in [0.3, 0.4) is 0 Å². The molecule has 114 valence electrons. The number of hydrogen-bond acceptors (Lipinski definition) is 3. The Morgan fingerprint density at radius 3 is 2.81 bits per heavy atom. The van der Waals surface area contributed by atoms with E-state index in [1.807, 2.05) is 0 Å². The van der Waals surface area contributed by atoms with Crippen LogP contribution in [0.15, 0.2) is 29.4 Å². The van der Waals surface area contributed by atoms with Gasteiger partial charge in [0.1, 0.15) is 0 Å². The molecule has 21 heavy (non-hydrogen) atoms. The van der Waals surface area contributed by atoms with Crippen molar-refractivity contribution in [2.45, 2.75) is 32.6 Å². The van der Waals surface area contributed by atoms with E-state index in [0.717, 1.165) is 13.0 Å². The van der Waals surface area contributed by atoms with Crippen LogP contribution >= 0.6 is 12.2 Å². The van der Waals surface area contributed by atoms with E-state index < -0.39 is 5.97 Å². The molecular formula is C15H21N3O2S. The monoisotopic (exact) mass is 307 g/mol. The van der Waals surface area contributed by atoms with E-state index in [1.165, 1.54) is 31.5 Å². The fourth-order valence-electron chi connectivity index (χ4n) is 1.76. The summed E-state index contributed by atoms with van der Waals surface area (Å²) in [6.07, 6.45) is 6.14. The van der Waals surface area contributed by atoms with Gasteiger partial charge in [-0.2, -0.15) is 5.10 Å². The minimum Gasteiger partial charge on any atom is -0.478 e. The number of thiocarbonyl (C=S) groups is 1. The molecule has 0 unspecified atom stereocenters. The van der Waals surface area contributed by atoms with Crippen LogP contribution in [0, 0.1) is 0 Å². The third-order valence-corrected chi connectivity index (χ3v) is 3.11. The highest BCUT2D eigenvalue weighted by Gasteiger charge is 2.06. The number of carbonyl (C=O) groups is 1. The van der Waals surface area contributed by atoms with E-state index in [-0.39, 0.29) is 5.56 Å². The molecule has 0 amide bonds. The first kappa shape index (κ1) is 17.1. The van der Waals surface area contributed by atoms with Crippen molar-refractivity contribution in [1.29, 1.82) is 0 Å². The lowest BCUT2D eigenvalue weighted by molar-refractivity contribution is 0.0697. The first-order valence-corrected chi connectivity index (χ1v) is 7.45. The summed E-state index contributed by atoms with van der Waals surface area (Å²) in [6, 6.07) is 6.67. The number of rotatable bonds is 8. The molecule has 0 saturated heterocycles. The second-order valence-electron chi connectivity index (χ2n) is 4.58. The molecule has 0 aromatic heterocycles. The minimum absolute atomic E-state index is 0.210. The third kappa shape index (κ3) is 6.85. The minimum atomic E-state index is -0.978. The van der Waals surface area contributed by atoms with Crippen molar-refractivity contribution in [3.8, 4) is 0 Å². The van der Waals surface area contributed by atoms with Gasteiger partial charge >= 0.3 is 5.97 Å². The predicted octanol–water partition coefficient (Wildman–Crippen LogP) is 2.76. The third-order valence-electron chi connectivity index (χ3n) is 2.88. The number of hydrogen-bond donors (Lipinski definition) is 3. The summed E-state index contributed by atoms with van der Waals surface area (Å²) in [5.41, 5.74) is 3.43. The van der Waals surface area contributed by atoms with Crippen molar-refractivity contribution in [2.24, 2.45) is 5.10 Å². The van der Waals surface area contributed by atoms with Crippen LogP contribution in [-0.2, 0) is 0 Å². The van der Waals surface area contributed by atoms with E-state index in [4.69, 9.17) is 17.3 Å². The lowest BCUT2D eigenvalue weighted by atomic mass is 10.1. The van der Waals surface area contributed by atoms with Gasteiger partial charge < -0.3 is 10.4 Å². The summed E-state index contributed by atoms with van der Waals surface area (Å²) in [7, 11) is 0. The van der Waals surface area contributed by atoms with Crippen molar-refractivity contribution >= 4 is 29.5 Å². The van der Waals surface area contributed by atoms with Crippen LogP contribution in [0.4, 0.5) is 0 Å². The van der Waals surface area contributed by atoms with E-state index in [0.29, 0.717) is 10.7 Å². The van der Waals surface area contributed by atoms with Gasteiger partial charge in [0.05, 0.1) is 11.8 Å². The molecule has 1 rings (SSSR count). The highest BCUT2D eigenvalue weighted by atomic mass is 32.1. The summed E-state index contributed by atoms with van der Waals surface area (Å²) in [6.45, 7) is 2.98. The van der Waals surface area contributed by atoms with Gasteiger partial charge in [-0.05, 0) is 24.7 Å². The summed E-state index contributed by atoms with van der Waals surface area (Å²) >= 11 is 5.08. The van der Waals surface area contributed by atoms with Gasteiger partial charge in [-0.25, -0.2) is 4.79 Å². The first-order chi connectivity index (χ1) is 10.1. The Morgan fingerprint density at radius 1 is 1.33 bits per heavy atom. The highest BCUT2D eigenvalue weighted by Crippen LogP contribution is 2.05. The van der Waals surface area contributed by atoms with Gasteiger partial charge in [-0.15, -0.1) is 0 Å². The van der Waals surface area contributed by atoms with Crippen LogP contribution in [0.1, 0.15) is 48.5 Å². The number of carboxylic acid groups (broad SMARTS) is 1. The number of nitrogens with one attached hydrogen (secondary N) is 2. The normalized spacial score (nSPS) is 10.5. The maximum atomic E-state index is 11.0. The summed E-state index contributed by atoms with van der Waals surface area (Å²) < 4.78 is 0. The van der Waals surface area contributed by atoms with E-state index in [2.05, 4.69) is 22.8 Å². The molecule has 0 radical (unpaired) electrons. The van der Waals surface area contributed by atoms with Gasteiger partial charge in [-0.1, -0.05) is 44.4 Å². The smallest absolute Gasteiger partial charge is 0.336 e. The maximum absolute atomic E-state index is 11.0. The Bertz CT molecular complexity index is 503. The topological polar surface area (TPSA) is 73.7 Å². The molecule has 1 aromatic rings. The van der Waals surface area contributed by atoms with Gasteiger partial charge in [0, 0.05) is 12.1 Å². The Hall–Kier alpha value is -1.95. The number of hydrazone groups is 1. The lowest BCUT2D eigenvalue weighted by Crippen LogP contribution is -2.32. The van der Waals surface area contributed by atoms with E-state index in [1.54, 1.807) is 18.2 Å². The fourth-order valence-corrected chi connectivity index (χ4v) is 1.91. The molecule has 0 atom stereocenters. The van der Waals surface area contributed by atoms with Gasteiger partial charge in [0.15, 0.2) is 5.11 Å². The Morgan fingerprint density at radius 2 is 2.10 bits per heavy atom. The molecule has 5 nitrogen and oxygen atoms in total. The van der Waals surface area contributed by atoms with Crippen molar-refractivity contribution < 1.29 is 9.90 Å². The molecule has 0 aliphatic heterocycles.